The molecule has 0 bridgehead atoms. The second-order valence-corrected chi connectivity index (χ2v) is 4.30. The lowest BCUT2D eigenvalue weighted by atomic mass is 9.72. The Hall–Kier alpha value is -2.36. The first-order valence-corrected chi connectivity index (χ1v) is 6.16. The number of carboxylic acid groups (broad SMARTS) is 1. The Labute approximate surface area is 112 Å². The Kier molecular flexibility index (Phi) is 3.80. The molecule has 0 saturated heterocycles. The van der Waals surface area contributed by atoms with Crippen LogP contribution >= 0.6 is 0 Å². The summed E-state index contributed by atoms with van der Waals surface area (Å²) >= 11 is 0. The summed E-state index contributed by atoms with van der Waals surface area (Å²) in [6.07, 6.45) is 7.24. The average molecular weight is 256 g/mol. The lowest BCUT2D eigenvalue weighted by Gasteiger charge is -2.29. The third-order valence-corrected chi connectivity index (χ3v) is 3.38. The van der Waals surface area contributed by atoms with Crippen molar-refractivity contribution in [3.8, 4) is 0 Å². The van der Waals surface area contributed by atoms with Gasteiger partial charge in [-0.3, -0.25) is 10.2 Å². The number of rotatable bonds is 4. The zero-order valence-electron chi connectivity index (χ0n) is 10.7. The second kappa shape index (κ2) is 5.52. The summed E-state index contributed by atoms with van der Waals surface area (Å²) in [6.45, 7) is 1.87. The Morgan fingerprint density at radius 1 is 1.37 bits per heavy atom. The number of carboxylic acids is 1. The van der Waals surface area contributed by atoms with E-state index in [2.05, 4.69) is 10.5 Å². The van der Waals surface area contributed by atoms with Crippen molar-refractivity contribution in [2.24, 2.45) is 5.10 Å². The fourth-order valence-corrected chi connectivity index (χ4v) is 2.34. The monoisotopic (exact) mass is 256 g/mol. The molecule has 4 nitrogen and oxygen atoms in total. The van der Waals surface area contributed by atoms with Crippen LogP contribution in [0.3, 0.4) is 0 Å². The molecule has 1 aliphatic heterocycles. The van der Waals surface area contributed by atoms with E-state index >= 15 is 0 Å². The van der Waals surface area contributed by atoms with Gasteiger partial charge in [0.1, 0.15) is 5.41 Å². The van der Waals surface area contributed by atoms with Gasteiger partial charge in [0.25, 0.3) is 0 Å². The quantitative estimate of drug-likeness (QED) is 0.869. The molecule has 2 rings (SSSR count). The molecule has 1 unspecified atom stereocenters. The van der Waals surface area contributed by atoms with Crippen molar-refractivity contribution in [1.82, 2.24) is 5.43 Å². The van der Waals surface area contributed by atoms with E-state index in [9.17, 15) is 9.90 Å². The van der Waals surface area contributed by atoms with E-state index < -0.39 is 11.4 Å². The normalized spacial score (nSPS) is 17.0. The summed E-state index contributed by atoms with van der Waals surface area (Å²) in [5.41, 5.74) is 3.06. The number of nitrogens with one attached hydrogen (secondary N) is 1. The van der Waals surface area contributed by atoms with E-state index in [-0.39, 0.29) is 0 Å². The molecule has 4 heteroatoms. The van der Waals surface area contributed by atoms with Crippen molar-refractivity contribution in [3.05, 3.63) is 59.8 Å². The van der Waals surface area contributed by atoms with Gasteiger partial charge in [-0.05, 0) is 23.6 Å². The van der Waals surface area contributed by atoms with E-state index in [4.69, 9.17) is 0 Å². The van der Waals surface area contributed by atoms with E-state index in [0.29, 0.717) is 12.0 Å². The van der Waals surface area contributed by atoms with Crippen molar-refractivity contribution >= 4 is 12.2 Å². The third-order valence-electron chi connectivity index (χ3n) is 3.38. The van der Waals surface area contributed by atoms with Gasteiger partial charge >= 0.3 is 5.97 Å². The summed E-state index contributed by atoms with van der Waals surface area (Å²) in [4.78, 5) is 11.9. The van der Waals surface area contributed by atoms with Crippen LogP contribution in [-0.2, 0) is 10.2 Å². The van der Waals surface area contributed by atoms with Crippen LogP contribution in [-0.4, -0.2) is 17.3 Å². The average Bonchev–Trinajstić information content (AvgIpc) is 2.71. The molecule has 1 aromatic rings. The lowest BCUT2D eigenvalue weighted by Crippen LogP contribution is -2.38. The zero-order chi connectivity index (χ0) is 13.7. The molecule has 0 radical (unpaired) electrons. The minimum Gasteiger partial charge on any atom is -0.480 e. The lowest BCUT2D eigenvalue weighted by molar-refractivity contribution is -0.142. The van der Waals surface area contributed by atoms with Gasteiger partial charge in [-0.25, -0.2) is 0 Å². The number of allylic oxidation sites excluding steroid dienone is 2. The topological polar surface area (TPSA) is 61.7 Å². The van der Waals surface area contributed by atoms with Crippen molar-refractivity contribution in [2.45, 2.75) is 18.8 Å². The first-order valence-electron chi connectivity index (χ1n) is 6.16. The molecule has 0 saturated carbocycles. The van der Waals surface area contributed by atoms with Crippen molar-refractivity contribution < 1.29 is 9.90 Å². The number of carbonyl (C=O) groups is 1. The van der Waals surface area contributed by atoms with Crippen LogP contribution in [0.1, 0.15) is 18.9 Å². The fourth-order valence-electron chi connectivity index (χ4n) is 2.34. The maximum Gasteiger partial charge on any atom is 0.318 e. The summed E-state index contributed by atoms with van der Waals surface area (Å²) in [5, 5.41) is 13.8. The van der Waals surface area contributed by atoms with E-state index in [1.807, 2.05) is 37.3 Å². The number of hydrogen-bond acceptors (Lipinski definition) is 3. The molecule has 1 aromatic carbocycles. The van der Waals surface area contributed by atoms with Crippen LogP contribution in [0.4, 0.5) is 0 Å². The molecule has 0 spiro atoms. The third kappa shape index (κ3) is 2.29. The Balaban J connectivity index is 2.61. The van der Waals surface area contributed by atoms with Gasteiger partial charge in [0.15, 0.2) is 0 Å². The molecule has 2 N–H and O–H groups in total. The highest BCUT2D eigenvalue weighted by Gasteiger charge is 2.41. The largest absolute Gasteiger partial charge is 0.480 e. The van der Waals surface area contributed by atoms with Crippen LogP contribution in [0.5, 0.6) is 0 Å². The molecule has 1 atom stereocenters. The minimum absolute atomic E-state index is 0.456. The molecular formula is C15H16N2O2. The standard InChI is InChI=1S/C15H16N2O2/c1-2-15(14(18)19,12-7-4-3-5-8-12)13-9-6-10-16-17-11-13/h3-11,16H,2H2,1H3,(H,18,19). The molecule has 1 aliphatic rings. The predicted octanol–water partition coefficient (Wildman–Crippen LogP) is 2.45. The van der Waals surface area contributed by atoms with Crippen LogP contribution in [0, 0.1) is 0 Å². The first kappa shape index (κ1) is 13.1. The number of aliphatic carboxylic acids is 1. The molecule has 0 aromatic heterocycles. The maximum absolute atomic E-state index is 11.9. The number of hydrogen-bond donors (Lipinski definition) is 2. The second-order valence-electron chi connectivity index (χ2n) is 4.30. The highest BCUT2D eigenvalue weighted by atomic mass is 16.4. The van der Waals surface area contributed by atoms with Crippen LogP contribution in [0.15, 0.2) is 59.4 Å². The van der Waals surface area contributed by atoms with Gasteiger partial charge in [-0.1, -0.05) is 43.3 Å². The summed E-state index contributed by atoms with van der Waals surface area (Å²) in [7, 11) is 0. The maximum atomic E-state index is 11.9. The molecule has 1 heterocycles. The van der Waals surface area contributed by atoms with E-state index in [1.165, 1.54) is 0 Å². The smallest absolute Gasteiger partial charge is 0.318 e. The van der Waals surface area contributed by atoms with Gasteiger partial charge in [0, 0.05) is 6.20 Å². The van der Waals surface area contributed by atoms with Crippen molar-refractivity contribution in [2.75, 3.05) is 0 Å². The molecule has 0 aliphatic carbocycles. The van der Waals surface area contributed by atoms with Crippen LogP contribution in [0.25, 0.3) is 0 Å². The van der Waals surface area contributed by atoms with Gasteiger partial charge < -0.3 is 5.11 Å². The Morgan fingerprint density at radius 2 is 2.11 bits per heavy atom. The Bertz CT molecular complexity index is 547. The first-order chi connectivity index (χ1) is 9.21. The number of hydrazone groups is 1. The molecule has 0 amide bonds. The zero-order valence-corrected chi connectivity index (χ0v) is 10.7. The van der Waals surface area contributed by atoms with Crippen LogP contribution < -0.4 is 5.43 Å². The van der Waals surface area contributed by atoms with Crippen LogP contribution in [0.2, 0.25) is 0 Å². The minimum atomic E-state index is -1.07. The SMILES string of the molecule is CCC(C(=O)O)(C1=CC=CNN=C1)c1ccccc1. The molecular weight excluding hydrogens is 240 g/mol. The van der Waals surface area contributed by atoms with Gasteiger partial charge in [-0.15, -0.1) is 0 Å². The highest BCUT2D eigenvalue weighted by Crippen LogP contribution is 2.35. The van der Waals surface area contributed by atoms with E-state index in [0.717, 1.165) is 5.56 Å². The Morgan fingerprint density at radius 3 is 2.74 bits per heavy atom. The predicted molar refractivity (Wildman–Crippen MR) is 74.9 cm³/mol. The van der Waals surface area contributed by atoms with Crippen molar-refractivity contribution in [3.63, 3.8) is 0 Å². The van der Waals surface area contributed by atoms with E-state index in [1.54, 1.807) is 24.6 Å². The summed E-state index contributed by atoms with van der Waals surface area (Å²) in [6, 6.07) is 9.27. The summed E-state index contributed by atoms with van der Waals surface area (Å²) < 4.78 is 0. The molecule has 98 valence electrons. The summed E-state index contributed by atoms with van der Waals surface area (Å²) in [5.74, 6) is -0.866. The molecule has 19 heavy (non-hydrogen) atoms. The van der Waals surface area contributed by atoms with Gasteiger partial charge in [0.2, 0.25) is 0 Å². The van der Waals surface area contributed by atoms with Crippen molar-refractivity contribution in [1.29, 1.82) is 0 Å². The number of benzene rings is 1. The number of nitrogens with zero attached hydrogens (tertiary/aromatic N) is 1. The molecule has 0 fully saturated rings. The fraction of sp³-hybridized carbons (Fsp3) is 0.200. The van der Waals surface area contributed by atoms with Gasteiger partial charge in [0.05, 0.1) is 6.21 Å². The highest BCUT2D eigenvalue weighted by molar-refractivity contribution is 5.97. The van der Waals surface area contributed by atoms with Gasteiger partial charge in [-0.2, -0.15) is 5.10 Å².